The van der Waals surface area contributed by atoms with Crippen molar-refractivity contribution in [1.29, 1.82) is 0 Å². The minimum absolute atomic E-state index is 0.0376. The van der Waals surface area contributed by atoms with Crippen LogP contribution in [-0.4, -0.2) is 29.9 Å². The molecule has 2 rings (SSSR count). The molecule has 2 aromatic carbocycles. The van der Waals surface area contributed by atoms with Crippen LogP contribution < -0.4 is 10.6 Å². The Morgan fingerprint density at radius 3 is 2.41 bits per heavy atom. The Morgan fingerprint density at radius 2 is 1.72 bits per heavy atom. The maximum atomic E-state index is 11.9. The van der Waals surface area contributed by atoms with Crippen molar-refractivity contribution >= 4 is 41.0 Å². The predicted octanol–water partition coefficient (Wildman–Crippen LogP) is 3.86. The van der Waals surface area contributed by atoms with Gasteiger partial charge in [-0.1, -0.05) is 42.5 Å². The van der Waals surface area contributed by atoms with Crippen LogP contribution in [-0.2, 0) is 27.3 Å². The molecule has 2 aromatic rings. The molecule has 0 saturated heterocycles. The highest BCUT2D eigenvalue weighted by molar-refractivity contribution is 7.98. The van der Waals surface area contributed by atoms with Crippen LogP contribution in [0.2, 0.25) is 0 Å². The van der Waals surface area contributed by atoms with E-state index < -0.39 is 0 Å². The molecule has 0 fully saturated rings. The molecule has 0 spiro atoms. The van der Waals surface area contributed by atoms with Crippen LogP contribution in [0.15, 0.2) is 59.5 Å². The number of benzene rings is 2. The molecule has 2 N–H and O–H groups in total. The van der Waals surface area contributed by atoms with Gasteiger partial charge in [-0.2, -0.15) is 0 Å². The average Bonchev–Trinajstić information content (AvgIpc) is 2.75. The Balaban J connectivity index is 1.55. The molecule has 0 aliphatic rings. The normalized spacial score (nSPS) is 10.2. The summed E-state index contributed by atoms with van der Waals surface area (Å²) in [7, 11) is 0. The van der Waals surface area contributed by atoms with Crippen molar-refractivity contribution in [3.05, 3.63) is 65.7 Å². The van der Waals surface area contributed by atoms with Crippen molar-refractivity contribution < 1.29 is 14.3 Å². The zero-order valence-corrected chi connectivity index (χ0v) is 18.1. The molecule has 1 amide bonds. The van der Waals surface area contributed by atoms with Crippen LogP contribution in [0.25, 0.3) is 0 Å². The Bertz CT molecular complexity index is 795. The number of ether oxygens (including phenoxy) is 1. The van der Waals surface area contributed by atoms with Gasteiger partial charge in [-0.05, 0) is 54.6 Å². The minimum Gasteiger partial charge on any atom is -0.466 e. The van der Waals surface area contributed by atoms with Crippen LogP contribution in [0, 0.1) is 0 Å². The van der Waals surface area contributed by atoms with Crippen molar-refractivity contribution in [2.75, 3.05) is 12.9 Å². The predicted molar refractivity (Wildman–Crippen MR) is 121 cm³/mol. The SMILES string of the molecule is CSc1ccc(CNC(=S)NC(=O)CCC(=O)OCCCc2ccccc2)cc1. The zero-order chi connectivity index (χ0) is 20.9. The Kier molecular flexibility index (Phi) is 10.2. The minimum atomic E-state index is -0.374. The van der Waals surface area contributed by atoms with Gasteiger partial charge in [-0.15, -0.1) is 11.8 Å². The summed E-state index contributed by atoms with van der Waals surface area (Å²) in [5.41, 5.74) is 2.28. The number of carbonyl (C=O) groups excluding carboxylic acids is 2. The first-order chi connectivity index (χ1) is 14.1. The summed E-state index contributed by atoms with van der Waals surface area (Å²) < 4.78 is 5.17. The van der Waals surface area contributed by atoms with Crippen LogP contribution in [0.4, 0.5) is 0 Å². The van der Waals surface area contributed by atoms with Crippen molar-refractivity contribution in [1.82, 2.24) is 10.6 Å². The first-order valence-electron chi connectivity index (χ1n) is 9.47. The molecule has 0 bridgehead atoms. The van der Waals surface area contributed by atoms with Crippen molar-refractivity contribution in [3.63, 3.8) is 0 Å². The van der Waals surface area contributed by atoms with E-state index in [0.717, 1.165) is 18.4 Å². The summed E-state index contributed by atoms with van der Waals surface area (Å²) in [5, 5.41) is 5.83. The first-order valence-corrected chi connectivity index (χ1v) is 11.1. The molecule has 0 aromatic heterocycles. The molecule has 5 nitrogen and oxygen atoms in total. The van der Waals surface area contributed by atoms with Gasteiger partial charge in [0.1, 0.15) is 0 Å². The van der Waals surface area contributed by atoms with Gasteiger partial charge in [-0.25, -0.2) is 0 Å². The molecule has 0 aliphatic heterocycles. The number of thiocarbonyl (C=S) groups is 1. The van der Waals surface area contributed by atoms with Crippen LogP contribution >= 0.6 is 24.0 Å². The van der Waals surface area contributed by atoms with E-state index in [1.165, 1.54) is 10.5 Å². The van der Waals surface area contributed by atoms with E-state index in [1.54, 1.807) is 11.8 Å². The molecular weight excluding hydrogens is 404 g/mol. The fourth-order valence-corrected chi connectivity index (χ4v) is 3.15. The number of amides is 1. The van der Waals surface area contributed by atoms with E-state index in [1.807, 2.05) is 60.9 Å². The third-order valence-electron chi connectivity index (χ3n) is 4.14. The second kappa shape index (κ2) is 13.0. The van der Waals surface area contributed by atoms with Gasteiger partial charge >= 0.3 is 5.97 Å². The second-order valence-corrected chi connectivity index (χ2v) is 7.68. The third-order valence-corrected chi connectivity index (χ3v) is 5.13. The summed E-state index contributed by atoms with van der Waals surface area (Å²) in [6.07, 6.45) is 3.72. The smallest absolute Gasteiger partial charge is 0.306 e. The van der Waals surface area contributed by atoms with Crippen molar-refractivity contribution in [2.45, 2.75) is 37.1 Å². The largest absolute Gasteiger partial charge is 0.466 e. The number of hydrogen-bond acceptors (Lipinski definition) is 5. The maximum absolute atomic E-state index is 11.9. The molecule has 0 heterocycles. The molecule has 0 saturated carbocycles. The topological polar surface area (TPSA) is 67.4 Å². The second-order valence-electron chi connectivity index (χ2n) is 6.39. The molecule has 7 heteroatoms. The molecule has 0 radical (unpaired) electrons. The van der Waals surface area contributed by atoms with Gasteiger partial charge < -0.3 is 15.4 Å². The molecule has 0 unspecified atom stereocenters. The van der Waals surface area contributed by atoms with E-state index >= 15 is 0 Å². The molecule has 0 aliphatic carbocycles. The Morgan fingerprint density at radius 1 is 1.00 bits per heavy atom. The van der Waals surface area contributed by atoms with Crippen molar-refractivity contribution in [2.24, 2.45) is 0 Å². The lowest BCUT2D eigenvalue weighted by atomic mass is 10.1. The number of nitrogens with one attached hydrogen (secondary N) is 2. The number of hydrogen-bond donors (Lipinski definition) is 2. The van der Waals surface area contributed by atoms with Crippen molar-refractivity contribution in [3.8, 4) is 0 Å². The summed E-state index contributed by atoms with van der Waals surface area (Å²) >= 11 is 6.81. The van der Waals surface area contributed by atoms with E-state index in [0.29, 0.717) is 13.2 Å². The monoisotopic (exact) mass is 430 g/mol. The number of rotatable bonds is 10. The van der Waals surface area contributed by atoms with E-state index in [-0.39, 0.29) is 29.8 Å². The van der Waals surface area contributed by atoms with E-state index in [4.69, 9.17) is 17.0 Å². The van der Waals surface area contributed by atoms with Gasteiger partial charge in [0.15, 0.2) is 5.11 Å². The fourth-order valence-electron chi connectivity index (χ4n) is 2.55. The standard InChI is InChI=1S/C22H26N2O3S2/c1-29-19-11-9-18(10-12-19)16-23-22(28)24-20(25)13-14-21(26)27-15-5-8-17-6-3-2-4-7-17/h2-4,6-7,9-12H,5,8,13-16H2,1H3,(H2,23,24,25,28). The summed E-state index contributed by atoms with van der Waals surface area (Å²) in [4.78, 5) is 24.9. The van der Waals surface area contributed by atoms with Gasteiger partial charge in [0.25, 0.3) is 0 Å². The quantitative estimate of drug-likeness (QED) is 0.258. The zero-order valence-electron chi connectivity index (χ0n) is 16.5. The number of carbonyl (C=O) groups is 2. The van der Waals surface area contributed by atoms with E-state index in [2.05, 4.69) is 10.6 Å². The average molecular weight is 431 g/mol. The Labute approximate surface area is 181 Å². The summed E-state index contributed by atoms with van der Waals surface area (Å²) in [5.74, 6) is -0.678. The van der Waals surface area contributed by atoms with Crippen LogP contribution in [0.1, 0.15) is 30.4 Å². The van der Waals surface area contributed by atoms with Gasteiger partial charge in [0, 0.05) is 17.9 Å². The third kappa shape index (κ3) is 9.58. The summed E-state index contributed by atoms with van der Waals surface area (Å²) in [6, 6.07) is 18.1. The lowest BCUT2D eigenvalue weighted by Gasteiger charge is -2.10. The highest BCUT2D eigenvalue weighted by Crippen LogP contribution is 2.14. The maximum Gasteiger partial charge on any atom is 0.306 e. The molecule has 154 valence electrons. The summed E-state index contributed by atoms with van der Waals surface area (Å²) in [6.45, 7) is 0.877. The van der Waals surface area contributed by atoms with Gasteiger partial charge in [0.05, 0.1) is 13.0 Å². The van der Waals surface area contributed by atoms with Crippen LogP contribution in [0.3, 0.4) is 0 Å². The highest BCUT2D eigenvalue weighted by atomic mass is 32.2. The number of thioether (sulfide) groups is 1. The number of esters is 1. The van der Waals surface area contributed by atoms with E-state index in [9.17, 15) is 9.59 Å². The highest BCUT2D eigenvalue weighted by Gasteiger charge is 2.09. The Hall–Kier alpha value is -2.38. The van der Waals surface area contributed by atoms with Crippen LogP contribution in [0.5, 0.6) is 0 Å². The van der Waals surface area contributed by atoms with Gasteiger partial charge in [0.2, 0.25) is 5.91 Å². The molecule has 0 atom stereocenters. The fraction of sp³-hybridized carbons (Fsp3) is 0.318. The molecule has 29 heavy (non-hydrogen) atoms. The van der Waals surface area contributed by atoms with Gasteiger partial charge in [-0.3, -0.25) is 9.59 Å². The molecular formula is C22H26N2O3S2. The lowest BCUT2D eigenvalue weighted by molar-refractivity contribution is -0.145. The first kappa shape index (κ1) is 22.9. The number of aryl methyl sites for hydroxylation is 1. The lowest BCUT2D eigenvalue weighted by Crippen LogP contribution is -2.38.